The molecular formula is C18H30N2O3. The van der Waals surface area contributed by atoms with Crippen LogP contribution in [0.4, 0.5) is 0 Å². The summed E-state index contributed by atoms with van der Waals surface area (Å²) in [6.07, 6.45) is -0.190. The Morgan fingerprint density at radius 2 is 1.96 bits per heavy atom. The van der Waals surface area contributed by atoms with Gasteiger partial charge in [-0.15, -0.1) is 0 Å². The highest BCUT2D eigenvalue weighted by atomic mass is 16.5. The summed E-state index contributed by atoms with van der Waals surface area (Å²) in [6, 6.07) is 8.12. The van der Waals surface area contributed by atoms with Gasteiger partial charge in [-0.2, -0.15) is 0 Å². The Balaban J connectivity index is 1.82. The second-order valence-corrected chi connectivity index (χ2v) is 6.54. The van der Waals surface area contributed by atoms with Crippen molar-refractivity contribution in [2.45, 2.75) is 32.6 Å². The van der Waals surface area contributed by atoms with Crippen molar-refractivity contribution >= 4 is 0 Å². The van der Waals surface area contributed by atoms with Crippen LogP contribution in [-0.2, 0) is 11.3 Å². The van der Waals surface area contributed by atoms with Crippen LogP contribution in [0.15, 0.2) is 24.3 Å². The van der Waals surface area contributed by atoms with Gasteiger partial charge in [-0.3, -0.25) is 9.80 Å². The molecule has 1 fully saturated rings. The Kier molecular flexibility index (Phi) is 7.30. The minimum absolute atomic E-state index is 0.161. The zero-order valence-corrected chi connectivity index (χ0v) is 14.6. The summed E-state index contributed by atoms with van der Waals surface area (Å²) in [6.45, 7) is 9.54. The fourth-order valence-corrected chi connectivity index (χ4v) is 2.86. The van der Waals surface area contributed by atoms with Crippen molar-refractivity contribution in [2.24, 2.45) is 0 Å². The Bertz CT molecular complexity index is 461. The first-order valence-electron chi connectivity index (χ1n) is 8.46. The minimum atomic E-state index is -0.351. The fourth-order valence-electron chi connectivity index (χ4n) is 2.86. The van der Waals surface area contributed by atoms with Crippen LogP contribution < -0.4 is 4.74 Å². The van der Waals surface area contributed by atoms with Crippen LogP contribution in [0, 0.1) is 0 Å². The van der Waals surface area contributed by atoms with E-state index in [2.05, 4.69) is 15.9 Å². The number of hydrogen-bond donors (Lipinski definition) is 1. The standard InChI is InChI=1S/C18H30N2O3/c1-15(2)23-18-7-5-4-6-16(18)12-19(3)13-17(21)14-20-8-10-22-11-9-20/h4-7,15,17,21H,8-14H2,1-3H3. The molecule has 0 aromatic heterocycles. The second kappa shape index (κ2) is 9.23. The summed E-state index contributed by atoms with van der Waals surface area (Å²) >= 11 is 0. The van der Waals surface area contributed by atoms with Crippen LogP contribution in [-0.4, -0.2) is 73.6 Å². The first-order chi connectivity index (χ1) is 11.0. The summed E-state index contributed by atoms with van der Waals surface area (Å²) in [5.41, 5.74) is 1.15. The molecule has 2 rings (SSSR count). The molecule has 0 saturated carbocycles. The van der Waals surface area contributed by atoms with Gasteiger partial charge < -0.3 is 14.6 Å². The Morgan fingerprint density at radius 1 is 1.26 bits per heavy atom. The van der Waals surface area contributed by atoms with Gasteiger partial charge in [-0.1, -0.05) is 18.2 Å². The normalized spacial score (nSPS) is 17.7. The van der Waals surface area contributed by atoms with Crippen LogP contribution in [0.3, 0.4) is 0 Å². The maximum absolute atomic E-state index is 10.3. The molecule has 5 nitrogen and oxygen atoms in total. The Morgan fingerprint density at radius 3 is 2.65 bits per heavy atom. The third-order valence-corrected chi connectivity index (χ3v) is 3.87. The molecular weight excluding hydrogens is 292 g/mol. The zero-order chi connectivity index (χ0) is 16.7. The number of rotatable bonds is 8. The van der Waals surface area contributed by atoms with Crippen LogP contribution in [0.2, 0.25) is 0 Å². The van der Waals surface area contributed by atoms with Gasteiger partial charge >= 0.3 is 0 Å². The number of likely N-dealkylation sites (N-methyl/N-ethyl adjacent to an activating group) is 1. The van der Waals surface area contributed by atoms with E-state index in [1.807, 2.05) is 39.1 Å². The van der Waals surface area contributed by atoms with Crippen LogP contribution in [0.1, 0.15) is 19.4 Å². The molecule has 5 heteroatoms. The molecule has 1 N–H and O–H groups in total. The lowest BCUT2D eigenvalue weighted by Crippen LogP contribution is -2.44. The molecule has 23 heavy (non-hydrogen) atoms. The van der Waals surface area contributed by atoms with Crippen molar-refractivity contribution in [3.05, 3.63) is 29.8 Å². The highest BCUT2D eigenvalue weighted by Gasteiger charge is 2.17. The Hall–Kier alpha value is -1.14. The molecule has 1 heterocycles. The van der Waals surface area contributed by atoms with E-state index in [0.29, 0.717) is 13.1 Å². The topological polar surface area (TPSA) is 45.2 Å². The third-order valence-electron chi connectivity index (χ3n) is 3.87. The summed E-state index contributed by atoms with van der Waals surface area (Å²) in [5, 5.41) is 10.3. The first kappa shape index (κ1) is 18.2. The molecule has 1 aromatic carbocycles. The average molecular weight is 322 g/mol. The van der Waals surface area contributed by atoms with E-state index in [-0.39, 0.29) is 12.2 Å². The largest absolute Gasteiger partial charge is 0.491 e. The lowest BCUT2D eigenvalue weighted by molar-refractivity contribution is 0.00819. The van der Waals surface area contributed by atoms with Gasteiger partial charge in [0.1, 0.15) is 5.75 Å². The highest BCUT2D eigenvalue weighted by molar-refractivity contribution is 5.33. The Labute approximate surface area is 139 Å². The predicted molar refractivity (Wildman–Crippen MR) is 91.8 cm³/mol. The number of nitrogens with zero attached hydrogens (tertiary/aromatic N) is 2. The molecule has 0 spiro atoms. The maximum atomic E-state index is 10.3. The van der Waals surface area contributed by atoms with Crippen molar-refractivity contribution in [3.8, 4) is 5.75 Å². The molecule has 0 amide bonds. The number of benzene rings is 1. The zero-order valence-electron chi connectivity index (χ0n) is 14.6. The predicted octanol–water partition coefficient (Wildman–Crippen LogP) is 1.60. The maximum Gasteiger partial charge on any atom is 0.124 e. The van der Waals surface area contributed by atoms with E-state index in [4.69, 9.17) is 9.47 Å². The first-order valence-corrected chi connectivity index (χ1v) is 8.46. The average Bonchev–Trinajstić information content (AvgIpc) is 2.49. The lowest BCUT2D eigenvalue weighted by atomic mass is 10.1. The lowest BCUT2D eigenvalue weighted by Gasteiger charge is -2.30. The molecule has 1 aliphatic heterocycles. The quantitative estimate of drug-likeness (QED) is 0.788. The van der Waals surface area contributed by atoms with Crippen molar-refractivity contribution < 1.29 is 14.6 Å². The van der Waals surface area contributed by atoms with Gasteiger partial charge in [0.05, 0.1) is 25.4 Å². The number of β-amino-alcohol motifs (C(OH)–C–C–N with tert-alkyl or cyclic N) is 1. The van der Waals surface area contributed by atoms with Gasteiger partial charge in [0.15, 0.2) is 0 Å². The summed E-state index contributed by atoms with van der Waals surface area (Å²) in [5.74, 6) is 0.928. The molecule has 1 aromatic rings. The summed E-state index contributed by atoms with van der Waals surface area (Å²) in [4.78, 5) is 4.41. The number of aliphatic hydroxyl groups is 1. The van der Waals surface area contributed by atoms with Crippen molar-refractivity contribution in [1.29, 1.82) is 0 Å². The van der Waals surface area contributed by atoms with E-state index in [1.54, 1.807) is 0 Å². The SMILES string of the molecule is CC(C)Oc1ccccc1CN(C)CC(O)CN1CCOCC1. The summed E-state index contributed by atoms with van der Waals surface area (Å²) in [7, 11) is 2.04. The number of hydrogen-bond acceptors (Lipinski definition) is 5. The van der Waals surface area contributed by atoms with Gasteiger partial charge in [0, 0.05) is 38.3 Å². The number of aliphatic hydroxyl groups excluding tert-OH is 1. The summed E-state index contributed by atoms with van der Waals surface area (Å²) < 4.78 is 11.2. The molecule has 1 unspecified atom stereocenters. The van der Waals surface area contributed by atoms with Gasteiger partial charge in [0.25, 0.3) is 0 Å². The molecule has 1 aliphatic rings. The smallest absolute Gasteiger partial charge is 0.124 e. The van der Waals surface area contributed by atoms with Crippen molar-refractivity contribution in [2.75, 3.05) is 46.4 Å². The van der Waals surface area contributed by atoms with Crippen molar-refractivity contribution in [1.82, 2.24) is 9.80 Å². The van der Waals surface area contributed by atoms with E-state index in [0.717, 1.165) is 44.2 Å². The van der Waals surface area contributed by atoms with Gasteiger partial charge in [-0.05, 0) is 27.0 Å². The van der Waals surface area contributed by atoms with Crippen LogP contribution >= 0.6 is 0 Å². The molecule has 1 atom stereocenters. The minimum Gasteiger partial charge on any atom is -0.491 e. The second-order valence-electron chi connectivity index (χ2n) is 6.54. The van der Waals surface area contributed by atoms with E-state index in [1.165, 1.54) is 0 Å². The van der Waals surface area contributed by atoms with E-state index >= 15 is 0 Å². The van der Waals surface area contributed by atoms with E-state index < -0.39 is 0 Å². The van der Waals surface area contributed by atoms with Crippen LogP contribution in [0.5, 0.6) is 5.75 Å². The third kappa shape index (κ3) is 6.47. The molecule has 130 valence electrons. The molecule has 0 radical (unpaired) electrons. The number of para-hydroxylation sites is 1. The number of ether oxygens (including phenoxy) is 2. The monoisotopic (exact) mass is 322 g/mol. The molecule has 0 bridgehead atoms. The van der Waals surface area contributed by atoms with E-state index in [9.17, 15) is 5.11 Å². The highest BCUT2D eigenvalue weighted by Crippen LogP contribution is 2.20. The molecule has 1 saturated heterocycles. The fraction of sp³-hybridized carbons (Fsp3) is 0.667. The van der Waals surface area contributed by atoms with Crippen molar-refractivity contribution in [3.63, 3.8) is 0 Å². The van der Waals surface area contributed by atoms with Gasteiger partial charge in [-0.25, -0.2) is 0 Å². The van der Waals surface area contributed by atoms with Crippen LogP contribution in [0.25, 0.3) is 0 Å². The van der Waals surface area contributed by atoms with Gasteiger partial charge in [0.2, 0.25) is 0 Å². The molecule has 0 aliphatic carbocycles. The number of morpholine rings is 1.